The van der Waals surface area contributed by atoms with Crippen LogP contribution in [0.5, 0.6) is 5.75 Å². The summed E-state index contributed by atoms with van der Waals surface area (Å²) in [4.78, 5) is 35.5. The molecule has 3 N–H and O–H groups in total. The molecule has 0 unspecified atom stereocenters. The van der Waals surface area contributed by atoms with Crippen LogP contribution >= 0.6 is 0 Å². The minimum Gasteiger partial charge on any atom is -0.494 e. The Hall–Kier alpha value is -3.35. The zero-order valence-corrected chi connectivity index (χ0v) is 15.2. The van der Waals surface area contributed by atoms with Gasteiger partial charge in [-0.2, -0.15) is 0 Å². The summed E-state index contributed by atoms with van der Waals surface area (Å²) < 4.78 is 5.30. The van der Waals surface area contributed by atoms with Gasteiger partial charge in [0.15, 0.2) is 0 Å². The number of hydrogen-bond donors (Lipinski definition) is 3. The normalized spacial score (nSPS) is 9.96. The first kappa shape index (κ1) is 20.0. The van der Waals surface area contributed by atoms with Gasteiger partial charge in [0, 0.05) is 24.9 Å². The highest BCUT2D eigenvalue weighted by Crippen LogP contribution is 2.11. The monoisotopic (exact) mass is 369 g/mol. The SMILES string of the molecule is CCOc1ccc(C(=O)NNC(=O)CCC(=O)NCc2ccccc2)cc1. The minimum absolute atomic E-state index is 0.0236. The molecule has 2 aromatic carbocycles. The van der Waals surface area contributed by atoms with Crippen LogP contribution in [0.4, 0.5) is 0 Å². The van der Waals surface area contributed by atoms with E-state index < -0.39 is 11.8 Å². The number of rotatable bonds is 8. The van der Waals surface area contributed by atoms with Crippen LogP contribution in [-0.4, -0.2) is 24.3 Å². The summed E-state index contributed by atoms with van der Waals surface area (Å²) in [5.41, 5.74) is 5.99. The van der Waals surface area contributed by atoms with E-state index in [1.807, 2.05) is 37.3 Å². The number of carbonyl (C=O) groups excluding carboxylic acids is 3. The van der Waals surface area contributed by atoms with Crippen LogP contribution in [0.1, 0.15) is 35.7 Å². The molecule has 2 rings (SSSR count). The molecule has 0 aliphatic carbocycles. The molecule has 27 heavy (non-hydrogen) atoms. The van der Waals surface area contributed by atoms with Gasteiger partial charge in [0.05, 0.1) is 6.61 Å². The number of amides is 3. The molecule has 3 amide bonds. The van der Waals surface area contributed by atoms with Gasteiger partial charge in [0.25, 0.3) is 5.91 Å². The average molecular weight is 369 g/mol. The zero-order valence-electron chi connectivity index (χ0n) is 15.2. The largest absolute Gasteiger partial charge is 0.494 e. The number of hydrogen-bond acceptors (Lipinski definition) is 4. The van der Waals surface area contributed by atoms with Crippen LogP contribution in [-0.2, 0) is 16.1 Å². The summed E-state index contributed by atoms with van der Waals surface area (Å²) in [6.07, 6.45) is 0.0156. The second-order valence-corrected chi connectivity index (χ2v) is 5.72. The number of nitrogens with one attached hydrogen (secondary N) is 3. The van der Waals surface area contributed by atoms with E-state index >= 15 is 0 Å². The maximum Gasteiger partial charge on any atom is 0.269 e. The van der Waals surface area contributed by atoms with Crippen molar-refractivity contribution in [3.05, 3.63) is 65.7 Å². The van der Waals surface area contributed by atoms with E-state index in [4.69, 9.17) is 4.74 Å². The van der Waals surface area contributed by atoms with Gasteiger partial charge in [-0.3, -0.25) is 25.2 Å². The summed E-state index contributed by atoms with van der Waals surface area (Å²) >= 11 is 0. The second-order valence-electron chi connectivity index (χ2n) is 5.72. The van der Waals surface area contributed by atoms with Crippen molar-refractivity contribution >= 4 is 17.7 Å². The molecule has 0 bridgehead atoms. The summed E-state index contributed by atoms with van der Waals surface area (Å²) in [6, 6.07) is 16.1. The van der Waals surface area contributed by atoms with Crippen LogP contribution < -0.4 is 20.9 Å². The zero-order chi connectivity index (χ0) is 19.5. The third kappa shape index (κ3) is 7.19. The maximum absolute atomic E-state index is 12.0. The molecule has 0 fully saturated rings. The Morgan fingerprint density at radius 2 is 1.52 bits per heavy atom. The third-order valence-electron chi connectivity index (χ3n) is 3.65. The van der Waals surface area contributed by atoms with Crippen molar-refractivity contribution in [1.29, 1.82) is 0 Å². The molecule has 0 atom stereocenters. The van der Waals surface area contributed by atoms with Gasteiger partial charge in [-0.15, -0.1) is 0 Å². The fourth-order valence-electron chi connectivity index (χ4n) is 2.24. The Bertz CT molecular complexity index is 761. The Labute approximate surface area is 158 Å². The fourth-order valence-corrected chi connectivity index (χ4v) is 2.24. The van der Waals surface area contributed by atoms with E-state index in [-0.39, 0.29) is 18.7 Å². The molecule has 0 spiro atoms. The maximum atomic E-state index is 12.0. The van der Waals surface area contributed by atoms with Crippen molar-refractivity contribution in [2.24, 2.45) is 0 Å². The van der Waals surface area contributed by atoms with Crippen molar-refractivity contribution in [1.82, 2.24) is 16.2 Å². The van der Waals surface area contributed by atoms with E-state index in [2.05, 4.69) is 16.2 Å². The van der Waals surface area contributed by atoms with Gasteiger partial charge >= 0.3 is 0 Å². The average Bonchev–Trinajstić information content (AvgIpc) is 2.70. The summed E-state index contributed by atoms with van der Waals surface area (Å²) in [7, 11) is 0. The van der Waals surface area contributed by atoms with E-state index in [9.17, 15) is 14.4 Å². The van der Waals surface area contributed by atoms with E-state index in [1.165, 1.54) is 0 Å². The Morgan fingerprint density at radius 3 is 2.19 bits per heavy atom. The quantitative estimate of drug-likeness (QED) is 0.620. The number of hydrazine groups is 1. The fraction of sp³-hybridized carbons (Fsp3) is 0.250. The van der Waals surface area contributed by atoms with Gasteiger partial charge in [0.1, 0.15) is 5.75 Å². The highest BCUT2D eigenvalue weighted by atomic mass is 16.5. The lowest BCUT2D eigenvalue weighted by Crippen LogP contribution is -2.42. The topological polar surface area (TPSA) is 96.5 Å². The van der Waals surface area contributed by atoms with Crippen molar-refractivity contribution < 1.29 is 19.1 Å². The second kappa shape index (κ2) is 10.6. The molecule has 0 saturated heterocycles. The van der Waals surface area contributed by atoms with Crippen molar-refractivity contribution in [2.45, 2.75) is 26.3 Å². The highest BCUT2D eigenvalue weighted by molar-refractivity contribution is 5.95. The van der Waals surface area contributed by atoms with E-state index in [0.717, 1.165) is 5.56 Å². The Balaban J connectivity index is 1.66. The number of carbonyl (C=O) groups is 3. The van der Waals surface area contributed by atoms with Crippen LogP contribution in [0.25, 0.3) is 0 Å². The standard InChI is InChI=1S/C20H23N3O4/c1-2-27-17-10-8-16(9-11-17)20(26)23-22-19(25)13-12-18(24)21-14-15-6-4-3-5-7-15/h3-11H,2,12-14H2,1H3,(H,21,24)(H,22,25)(H,23,26). The summed E-state index contributed by atoms with van der Waals surface area (Å²) in [6.45, 7) is 2.83. The first-order valence-electron chi connectivity index (χ1n) is 8.71. The molecular formula is C20H23N3O4. The molecule has 0 radical (unpaired) electrons. The van der Waals surface area contributed by atoms with Crippen molar-refractivity contribution in [2.75, 3.05) is 6.61 Å². The summed E-state index contributed by atoms with van der Waals surface area (Å²) in [5.74, 6) is -0.449. The van der Waals surface area contributed by atoms with Gasteiger partial charge in [0.2, 0.25) is 11.8 Å². The van der Waals surface area contributed by atoms with E-state index in [0.29, 0.717) is 24.5 Å². The van der Waals surface area contributed by atoms with Gasteiger partial charge in [-0.25, -0.2) is 0 Å². The Kier molecular flexibility index (Phi) is 7.84. The number of benzene rings is 2. The lowest BCUT2D eigenvalue weighted by atomic mass is 10.2. The van der Waals surface area contributed by atoms with E-state index in [1.54, 1.807) is 24.3 Å². The van der Waals surface area contributed by atoms with Gasteiger partial charge in [-0.05, 0) is 36.8 Å². The smallest absolute Gasteiger partial charge is 0.269 e. The molecule has 7 heteroatoms. The predicted molar refractivity (Wildman–Crippen MR) is 101 cm³/mol. The molecule has 0 saturated carbocycles. The number of ether oxygens (including phenoxy) is 1. The van der Waals surface area contributed by atoms with Gasteiger partial charge < -0.3 is 10.1 Å². The highest BCUT2D eigenvalue weighted by Gasteiger charge is 2.09. The Morgan fingerprint density at radius 1 is 0.852 bits per heavy atom. The third-order valence-corrected chi connectivity index (χ3v) is 3.65. The molecule has 142 valence electrons. The van der Waals surface area contributed by atoms with Gasteiger partial charge in [-0.1, -0.05) is 30.3 Å². The first-order chi connectivity index (χ1) is 13.1. The van der Waals surface area contributed by atoms with Crippen LogP contribution in [0.15, 0.2) is 54.6 Å². The minimum atomic E-state index is -0.445. The summed E-state index contributed by atoms with van der Waals surface area (Å²) in [5, 5.41) is 2.74. The van der Waals surface area contributed by atoms with Crippen LogP contribution in [0, 0.1) is 0 Å². The lowest BCUT2D eigenvalue weighted by Gasteiger charge is -2.09. The molecule has 0 heterocycles. The predicted octanol–water partition coefficient (Wildman–Crippen LogP) is 1.94. The molecule has 7 nitrogen and oxygen atoms in total. The lowest BCUT2D eigenvalue weighted by molar-refractivity contribution is -0.126. The molecule has 2 aromatic rings. The first-order valence-corrected chi connectivity index (χ1v) is 8.71. The molecule has 0 aliphatic rings. The van der Waals surface area contributed by atoms with Crippen molar-refractivity contribution in [3.63, 3.8) is 0 Å². The van der Waals surface area contributed by atoms with Crippen LogP contribution in [0.3, 0.4) is 0 Å². The van der Waals surface area contributed by atoms with Crippen LogP contribution in [0.2, 0.25) is 0 Å². The molecule has 0 aliphatic heterocycles. The molecule has 0 aromatic heterocycles. The molecular weight excluding hydrogens is 346 g/mol. The van der Waals surface area contributed by atoms with Crippen molar-refractivity contribution in [3.8, 4) is 5.75 Å².